The van der Waals surface area contributed by atoms with Crippen molar-refractivity contribution >= 4 is 27.5 Å². The van der Waals surface area contributed by atoms with Crippen molar-refractivity contribution in [3.05, 3.63) is 39.4 Å². The summed E-state index contributed by atoms with van der Waals surface area (Å²) >= 11 is 3.31. The molecule has 0 saturated heterocycles. The summed E-state index contributed by atoms with van der Waals surface area (Å²) < 4.78 is 0. The zero-order chi connectivity index (χ0) is 13.7. The van der Waals surface area contributed by atoms with E-state index in [1.165, 1.54) is 6.07 Å². The number of hydrogen-bond donors (Lipinski definition) is 1. The molecule has 1 N–H and O–H groups in total. The normalized spacial score (nSPS) is 11.9. The van der Waals surface area contributed by atoms with Crippen molar-refractivity contribution in [1.82, 2.24) is 5.32 Å². The molecule has 0 fully saturated rings. The van der Waals surface area contributed by atoms with Crippen molar-refractivity contribution in [3.8, 4) is 0 Å². The molecule has 1 aromatic rings. The summed E-state index contributed by atoms with van der Waals surface area (Å²) in [5, 5.41) is 14.4. The number of amides is 1. The van der Waals surface area contributed by atoms with Crippen LogP contribution in [0.4, 0.5) is 5.69 Å². The molecular formula is C12H15BrN2O3. The van der Waals surface area contributed by atoms with Gasteiger partial charge in [-0.3, -0.25) is 14.9 Å². The molecule has 0 spiro atoms. The molecule has 5 nitrogen and oxygen atoms in total. The van der Waals surface area contributed by atoms with E-state index in [1.807, 2.05) is 6.92 Å². The first kappa shape index (κ1) is 14.6. The van der Waals surface area contributed by atoms with E-state index in [4.69, 9.17) is 0 Å². The molecule has 1 aromatic carbocycles. The van der Waals surface area contributed by atoms with Crippen molar-refractivity contribution in [1.29, 1.82) is 0 Å². The summed E-state index contributed by atoms with van der Waals surface area (Å²) in [5.74, 6) is -0.129. The highest BCUT2D eigenvalue weighted by Crippen LogP contribution is 2.22. The molecule has 1 amide bonds. The van der Waals surface area contributed by atoms with E-state index in [1.54, 1.807) is 19.1 Å². The lowest BCUT2D eigenvalue weighted by molar-refractivity contribution is -0.385. The second kappa shape index (κ2) is 6.49. The Balaban J connectivity index is 2.92. The van der Waals surface area contributed by atoms with Gasteiger partial charge in [-0.15, -0.1) is 0 Å². The van der Waals surface area contributed by atoms with Gasteiger partial charge in [-0.1, -0.05) is 35.0 Å². The molecule has 0 aliphatic carbocycles. The Hall–Kier alpha value is -1.43. The van der Waals surface area contributed by atoms with E-state index >= 15 is 0 Å². The Morgan fingerprint density at radius 3 is 2.78 bits per heavy atom. The number of nitro groups is 1. The number of nitro benzene ring substituents is 1. The van der Waals surface area contributed by atoms with Gasteiger partial charge in [-0.05, 0) is 18.9 Å². The van der Waals surface area contributed by atoms with Crippen LogP contribution < -0.4 is 5.32 Å². The van der Waals surface area contributed by atoms with Crippen LogP contribution in [0.3, 0.4) is 0 Å². The predicted octanol–water partition coefficient (Wildman–Crippen LogP) is 2.66. The zero-order valence-corrected chi connectivity index (χ0v) is 11.9. The van der Waals surface area contributed by atoms with Gasteiger partial charge in [0.2, 0.25) is 0 Å². The number of carbonyl (C=O) groups excluding carboxylic acids is 1. The van der Waals surface area contributed by atoms with Crippen LogP contribution in [0.5, 0.6) is 0 Å². The van der Waals surface area contributed by atoms with Crippen molar-refractivity contribution in [2.45, 2.75) is 13.8 Å². The topological polar surface area (TPSA) is 72.2 Å². The van der Waals surface area contributed by atoms with Gasteiger partial charge in [-0.25, -0.2) is 0 Å². The maximum absolute atomic E-state index is 11.9. The second-order valence-corrected chi connectivity index (χ2v) is 4.85. The molecule has 98 valence electrons. The number of carbonyl (C=O) groups is 1. The summed E-state index contributed by atoms with van der Waals surface area (Å²) in [4.78, 5) is 22.4. The highest BCUT2D eigenvalue weighted by Gasteiger charge is 2.22. The van der Waals surface area contributed by atoms with Crippen molar-refractivity contribution < 1.29 is 9.72 Å². The number of nitrogens with one attached hydrogen (secondary N) is 1. The van der Waals surface area contributed by atoms with Gasteiger partial charge >= 0.3 is 0 Å². The molecule has 6 heteroatoms. The molecule has 0 bridgehead atoms. The fourth-order valence-electron chi connectivity index (χ4n) is 1.50. The van der Waals surface area contributed by atoms with Crippen LogP contribution in [0, 0.1) is 23.0 Å². The summed E-state index contributed by atoms with van der Waals surface area (Å²) in [5.41, 5.74) is 0.476. The monoisotopic (exact) mass is 314 g/mol. The maximum Gasteiger partial charge on any atom is 0.285 e. The van der Waals surface area contributed by atoms with Gasteiger partial charge in [0.15, 0.2) is 0 Å². The summed E-state index contributed by atoms with van der Waals surface area (Å²) in [6.45, 7) is 4.07. The predicted molar refractivity (Wildman–Crippen MR) is 73.1 cm³/mol. The molecule has 0 heterocycles. The van der Waals surface area contributed by atoms with Gasteiger partial charge in [0.05, 0.1) is 4.92 Å². The van der Waals surface area contributed by atoms with E-state index in [0.29, 0.717) is 12.1 Å². The van der Waals surface area contributed by atoms with Gasteiger partial charge < -0.3 is 5.32 Å². The van der Waals surface area contributed by atoms with Gasteiger partial charge in [0.25, 0.3) is 11.6 Å². The minimum atomic E-state index is -0.516. The van der Waals surface area contributed by atoms with E-state index in [0.717, 1.165) is 5.33 Å². The number of nitrogens with zero attached hydrogens (tertiary/aromatic N) is 1. The van der Waals surface area contributed by atoms with E-state index in [9.17, 15) is 14.9 Å². The highest BCUT2D eigenvalue weighted by molar-refractivity contribution is 9.09. The number of halogens is 1. The van der Waals surface area contributed by atoms with Crippen molar-refractivity contribution in [2.75, 3.05) is 11.9 Å². The zero-order valence-electron chi connectivity index (χ0n) is 10.3. The van der Waals surface area contributed by atoms with E-state index in [-0.39, 0.29) is 17.2 Å². The fraction of sp³-hybridized carbons (Fsp3) is 0.417. The van der Waals surface area contributed by atoms with Crippen LogP contribution in [0.1, 0.15) is 22.8 Å². The van der Waals surface area contributed by atoms with E-state index < -0.39 is 10.8 Å². The van der Waals surface area contributed by atoms with Gasteiger partial charge in [0.1, 0.15) is 5.56 Å². The largest absolute Gasteiger partial charge is 0.352 e. The molecule has 0 aromatic heterocycles. The minimum Gasteiger partial charge on any atom is -0.352 e. The summed E-state index contributed by atoms with van der Waals surface area (Å²) in [6.07, 6.45) is 0. The van der Waals surface area contributed by atoms with Crippen LogP contribution in [-0.4, -0.2) is 22.7 Å². The van der Waals surface area contributed by atoms with Crippen molar-refractivity contribution in [2.24, 2.45) is 5.92 Å². The molecule has 0 aliphatic rings. The lowest BCUT2D eigenvalue weighted by Crippen LogP contribution is -2.29. The van der Waals surface area contributed by atoms with Crippen LogP contribution in [-0.2, 0) is 0 Å². The molecule has 0 saturated carbocycles. The lowest BCUT2D eigenvalue weighted by atomic mass is 10.1. The standard InChI is InChI=1S/C12H15BrN2O3/c1-8(6-13)7-14-12(16)10-5-3-4-9(2)11(10)15(17)18/h3-5,8H,6-7H2,1-2H3,(H,14,16). The first-order chi connectivity index (χ1) is 8.47. The first-order valence-corrected chi connectivity index (χ1v) is 6.67. The Morgan fingerprint density at radius 2 is 2.22 bits per heavy atom. The minimum absolute atomic E-state index is 0.113. The maximum atomic E-state index is 11.9. The average Bonchev–Trinajstić information content (AvgIpc) is 2.34. The number of aryl methyl sites for hydroxylation is 1. The quantitative estimate of drug-likeness (QED) is 0.516. The Morgan fingerprint density at radius 1 is 1.56 bits per heavy atom. The number of alkyl halides is 1. The number of hydrogen-bond acceptors (Lipinski definition) is 3. The second-order valence-electron chi connectivity index (χ2n) is 4.20. The van der Waals surface area contributed by atoms with Crippen LogP contribution in [0.15, 0.2) is 18.2 Å². The highest BCUT2D eigenvalue weighted by atomic mass is 79.9. The summed E-state index contributed by atoms with van der Waals surface area (Å²) in [7, 11) is 0. The third-order valence-electron chi connectivity index (χ3n) is 2.54. The summed E-state index contributed by atoms with van der Waals surface area (Å²) in [6, 6.07) is 4.74. The van der Waals surface area contributed by atoms with Gasteiger partial charge in [0, 0.05) is 17.4 Å². The van der Waals surface area contributed by atoms with E-state index in [2.05, 4.69) is 21.2 Å². The molecule has 18 heavy (non-hydrogen) atoms. The van der Waals surface area contributed by atoms with Crippen LogP contribution in [0.2, 0.25) is 0 Å². The SMILES string of the molecule is Cc1cccc(C(=O)NCC(C)CBr)c1[N+](=O)[O-]. The van der Waals surface area contributed by atoms with Crippen LogP contribution in [0.25, 0.3) is 0 Å². The Bertz CT molecular complexity index is 463. The van der Waals surface area contributed by atoms with Crippen LogP contribution >= 0.6 is 15.9 Å². The Labute approximate surface area is 114 Å². The smallest absolute Gasteiger partial charge is 0.285 e. The molecule has 1 rings (SSSR count). The lowest BCUT2D eigenvalue weighted by Gasteiger charge is -2.10. The first-order valence-electron chi connectivity index (χ1n) is 5.55. The molecule has 0 aliphatic heterocycles. The Kier molecular flexibility index (Phi) is 5.27. The number of para-hydroxylation sites is 1. The van der Waals surface area contributed by atoms with Gasteiger partial charge in [-0.2, -0.15) is 0 Å². The number of rotatable bonds is 5. The molecule has 1 unspecified atom stereocenters. The third kappa shape index (κ3) is 3.53. The molecule has 0 radical (unpaired) electrons. The third-order valence-corrected chi connectivity index (χ3v) is 3.64. The fourth-order valence-corrected chi connectivity index (χ4v) is 1.73. The average molecular weight is 315 g/mol. The molecule has 1 atom stereocenters. The van der Waals surface area contributed by atoms with Crippen molar-refractivity contribution in [3.63, 3.8) is 0 Å². The number of benzene rings is 1. The molecular weight excluding hydrogens is 300 g/mol.